The Bertz CT molecular complexity index is 308. The normalized spacial score (nSPS) is 12.4. The van der Waals surface area contributed by atoms with Crippen LogP contribution in [0.25, 0.3) is 0 Å². The van der Waals surface area contributed by atoms with Gasteiger partial charge >= 0.3 is 110 Å². The maximum atomic E-state index is 5.34. The molecule has 0 heterocycles. The van der Waals surface area contributed by atoms with Crippen LogP contribution < -0.4 is 0 Å². The molecule has 88 valence electrons. The number of rotatable bonds is 7. The molecule has 0 aliphatic carbocycles. The second kappa shape index (κ2) is 7.92. The molecule has 2 heteroatoms. The fraction of sp³-hybridized carbons (Fsp3) is 0.500. The van der Waals surface area contributed by atoms with Crippen LogP contribution in [0, 0.1) is 0 Å². The van der Waals surface area contributed by atoms with Gasteiger partial charge in [-0.2, -0.15) is 0 Å². The number of unbranched alkanes of at least 4 members (excludes halogenated alkanes) is 1. The number of ether oxygens (including phenoxy) is 1. The zero-order valence-corrected chi connectivity index (χ0v) is 13.0. The van der Waals surface area contributed by atoms with Gasteiger partial charge in [0.15, 0.2) is 0 Å². The summed E-state index contributed by atoms with van der Waals surface area (Å²) in [6, 6.07) is 10.8. The van der Waals surface area contributed by atoms with Crippen LogP contribution in [0.3, 0.4) is 0 Å². The van der Waals surface area contributed by atoms with Crippen molar-refractivity contribution in [1.82, 2.24) is 0 Å². The second-order valence-corrected chi connectivity index (χ2v) is 5.67. The van der Waals surface area contributed by atoms with Crippen LogP contribution in [0.5, 0.6) is 0 Å². The molecule has 1 aromatic rings. The Morgan fingerprint density at radius 1 is 1.31 bits per heavy atom. The molecule has 0 aliphatic rings. The summed E-state index contributed by atoms with van der Waals surface area (Å²) in [6.07, 6.45) is 4.91. The molecule has 0 fully saturated rings. The zero-order chi connectivity index (χ0) is 11.8. The summed E-state index contributed by atoms with van der Waals surface area (Å²) in [7, 11) is 1.78. The maximum absolute atomic E-state index is 5.34. The van der Waals surface area contributed by atoms with Gasteiger partial charge in [-0.1, -0.05) is 0 Å². The van der Waals surface area contributed by atoms with Crippen LogP contribution in [-0.2, 0) is 24.1 Å². The van der Waals surface area contributed by atoms with Crippen LogP contribution in [0.4, 0.5) is 0 Å². The fourth-order valence-corrected chi connectivity index (χ4v) is 2.57. The van der Waals surface area contributed by atoms with Gasteiger partial charge in [-0.05, 0) is 0 Å². The summed E-state index contributed by atoms with van der Waals surface area (Å²) in [5.74, 6) is 0.633. The summed E-state index contributed by atoms with van der Waals surface area (Å²) in [5.41, 5.74) is 1.45. The van der Waals surface area contributed by atoms with Crippen molar-refractivity contribution < 1.29 is 24.1 Å². The SMILES string of the molecule is CCCCC(C[C](=[W])OC)c1ccccc1. The van der Waals surface area contributed by atoms with Crippen molar-refractivity contribution >= 4 is 4.08 Å². The summed E-state index contributed by atoms with van der Waals surface area (Å²) in [4.78, 5) is 0. The van der Waals surface area contributed by atoms with Crippen molar-refractivity contribution in [2.75, 3.05) is 7.11 Å². The first-order valence-electron chi connectivity index (χ1n) is 5.89. The van der Waals surface area contributed by atoms with Gasteiger partial charge in [0, 0.05) is 0 Å². The van der Waals surface area contributed by atoms with Crippen LogP contribution in [0.2, 0.25) is 0 Å². The molecule has 1 atom stereocenters. The number of methoxy groups -OCH3 is 1. The first-order valence-corrected chi connectivity index (χ1v) is 7.36. The van der Waals surface area contributed by atoms with Gasteiger partial charge in [0.2, 0.25) is 0 Å². The molecule has 0 amide bonds. The Kier molecular flexibility index (Phi) is 6.83. The molecule has 1 unspecified atom stereocenters. The van der Waals surface area contributed by atoms with Crippen LogP contribution in [0.1, 0.15) is 44.1 Å². The van der Waals surface area contributed by atoms with E-state index in [9.17, 15) is 0 Å². The van der Waals surface area contributed by atoms with Crippen LogP contribution >= 0.6 is 0 Å². The van der Waals surface area contributed by atoms with Gasteiger partial charge < -0.3 is 0 Å². The molecule has 0 N–H and O–H groups in total. The molecule has 1 aromatic carbocycles. The second-order valence-electron chi connectivity index (χ2n) is 4.03. The molecule has 0 bridgehead atoms. The van der Waals surface area contributed by atoms with Crippen molar-refractivity contribution in [3.63, 3.8) is 0 Å². The molecule has 0 aromatic heterocycles. The average Bonchev–Trinajstić information content (AvgIpc) is 2.35. The van der Waals surface area contributed by atoms with Gasteiger partial charge in [0.25, 0.3) is 0 Å². The first-order chi connectivity index (χ1) is 7.77. The molecule has 0 spiro atoms. The summed E-state index contributed by atoms with van der Waals surface area (Å²) in [6.45, 7) is 2.25. The van der Waals surface area contributed by atoms with E-state index in [-0.39, 0.29) is 0 Å². The Balaban J connectivity index is 2.67. The monoisotopic (exact) mass is 388 g/mol. The number of hydrogen-bond donors (Lipinski definition) is 0. The molecule has 1 nitrogen and oxygen atoms in total. The predicted molar refractivity (Wildman–Crippen MR) is 65.3 cm³/mol. The van der Waals surface area contributed by atoms with Crippen molar-refractivity contribution in [2.24, 2.45) is 0 Å². The molecular formula is C14H20OW. The standard InChI is InChI=1S/C14H20O.W/c1-3-4-8-14(11-12-15-2)13-9-6-5-7-10-13;/h5-7,9-10,14H,3-4,8,11H2,1-2H3;. The molecule has 0 aliphatic heterocycles. The van der Waals surface area contributed by atoms with Crippen molar-refractivity contribution in [3.05, 3.63) is 35.9 Å². The van der Waals surface area contributed by atoms with E-state index in [2.05, 4.69) is 37.3 Å². The van der Waals surface area contributed by atoms with Gasteiger partial charge in [-0.3, -0.25) is 0 Å². The summed E-state index contributed by atoms with van der Waals surface area (Å²) < 4.78 is 6.55. The van der Waals surface area contributed by atoms with Crippen LogP contribution in [0.15, 0.2) is 30.3 Å². The number of benzene rings is 1. The summed E-state index contributed by atoms with van der Waals surface area (Å²) >= 11 is 1.45. The van der Waals surface area contributed by atoms with Gasteiger partial charge in [0.1, 0.15) is 0 Å². The Labute approximate surface area is 110 Å². The average molecular weight is 388 g/mol. The Morgan fingerprint density at radius 2 is 2.00 bits per heavy atom. The van der Waals surface area contributed by atoms with Crippen LogP contribution in [-0.4, -0.2) is 11.2 Å². The summed E-state index contributed by atoms with van der Waals surface area (Å²) in [5, 5.41) is 0. The molecule has 0 saturated heterocycles. The van der Waals surface area contributed by atoms with E-state index in [0.29, 0.717) is 5.92 Å². The Morgan fingerprint density at radius 3 is 2.56 bits per heavy atom. The van der Waals surface area contributed by atoms with Gasteiger partial charge in [-0.25, -0.2) is 0 Å². The van der Waals surface area contributed by atoms with E-state index in [1.54, 1.807) is 7.11 Å². The van der Waals surface area contributed by atoms with E-state index in [0.717, 1.165) is 6.42 Å². The first kappa shape index (κ1) is 13.8. The van der Waals surface area contributed by atoms with Crippen molar-refractivity contribution in [3.8, 4) is 0 Å². The third-order valence-corrected chi connectivity index (χ3v) is 4.02. The van der Waals surface area contributed by atoms with Crippen molar-refractivity contribution in [1.29, 1.82) is 0 Å². The molecule has 0 saturated carbocycles. The minimum atomic E-state index is 0.633. The topological polar surface area (TPSA) is 9.23 Å². The third kappa shape index (κ3) is 4.72. The molecular weight excluding hydrogens is 368 g/mol. The van der Waals surface area contributed by atoms with E-state index in [1.165, 1.54) is 48.3 Å². The quantitative estimate of drug-likeness (QED) is 0.693. The predicted octanol–water partition coefficient (Wildman–Crippen LogP) is 3.67. The van der Waals surface area contributed by atoms with Crippen molar-refractivity contribution in [2.45, 2.75) is 38.5 Å². The Hall–Kier alpha value is -0.262. The van der Waals surface area contributed by atoms with Gasteiger partial charge in [-0.15, -0.1) is 0 Å². The van der Waals surface area contributed by atoms with E-state index in [1.807, 2.05) is 0 Å². The zero-order valence-electron chi connectivity index (χ0n) is 10.1. The van der Waals surface area contributed by atoms with E-state index < -0.39 is 0 Å². The van der Waals surface area contributed by atoms with E-state index in [4.69, 9.17) is 4.74 Å². The minimum absolute atomic E-state index is 0.633. The molecule has 1 rings (SSSR count). The van der Waals surface area contributed by atoms with E-state index >= 15 is 0 Å². The van der Waals surface area contributed by atoms with Gasteiger partial charge in [0.05, 0.1) is 0 Å². The fourth-order valence-electron chi connectivity index (χ4n) is 1.85. The third-order valence-electron chi connectivity index (χ3n) is 2.82. The molecule has 0 radical (unpaired) electrons. The number of hydrogen-bond acceptors (Lipinski definition) is 1. The molecule has 16 heavy (non-hydrogen) atoms.